The van der Waals surface area contributed by atoms with Gasteiger partial charge in [-0.3, -0.25) is 0 Å². The lowest BCUT2D eigenvalue weighted by atomic mass is 10.2. The molecular weight excluding hydrogens is 148 g/mol. The van der Waals surface area contributed by atoms with Gasteiger partial charge in [0.25, 0.3) is 0 Å². The highest BCUT2D eigenvalue weighted by molar-refractivity contribution is 7.88. The third-order valence-corrected chi connectivity index (χ3v) is 1.91. The smallest absolute Gasteiger partial charge is 0.0259 e. The summed E-state index contributed by atoms with van der Waals surface area (Å²) in [5.74, 6) is 0. The molecule has 0 aliphatic rings. The van der Waals surface area contributed by atoms with Crippen molar-refractivity contribution in [2.45, 2.75) is 32.6 Å². The van der Waals surface area contributed by atoms with Crippen LogP contribution in [0.1, 0.15) is 32.6 Å². The van der Waals surface area contributed by atoms with E-state index in [2.05, 4.69) is 19.1 Å². The van der Waals surface area contributed by atoms with Crippen LogP contribution in [0.4, 0.5) is 0 Å². The number of thiocarbonyl (C=S) groups is 2. The molecular formula is C7H12S2. The number of hydrogen-bond donors (Lipinski definition) is 0. The molecule has 2 heteroatoms. The molecule has 0 aliphatic carbocycles. The lowest BCUT2D eigenvalue weighted by Gasteiger charge is -1.93. The minimum absolute atomic E-state index is 0.929. The molecule has 0 spiro atoms. The molecule has 0 unspecified atom stereocenters. The summed E-state index contributed by atoms with van der Waals surface area (Å²) in [5, 5.41) is 1.60. The van der Waals surface area contributed by atoms with Crippen molar-refractivity contribution in [3.8, 4) is 0 Å². The largest absolute Gasteiger partial charge is 0.0875 e. The Labute approximate surface area is 67.6 Å². The Hall–Kier alpha value is 0.180. The average molecular weight is 160 g/mol. The van der Waals surface area contributed by atoms with Gasteiger partial charge in [-0.2, -0.15) is 0 Å². The zero-order valence-electron chi connectivity index (χ0n) is 5.72. The molecule has 0 saturated heterocycles. The predicted octanol–water partition coefficient (Wildman–Crippen LogP) is 2.94. The Morgan fingerprint density at radius 3 is 2.56 bits per heavy atom. The highest BCUT2D eigenvalue weighted by Gasteiger charge is 1.89. The molecule has 0 aliphatic heterocycles. The number of rotatable bonds is 5. The lowest BCUT2D eigenvalue weighted by Crippen LogP contribution is -1.92. The summed E-state index contributed by atoms with van der Waals surface area (Å²) in [5.41, 5.74) is 0. The minimum atomic E-state index is 0.929. The van der Waals surface area contributed by atoms with Crippen molar-refractivity contribution in [3.63, 3.8) is 0 Å². The van der Waals surface area contributed by atoms with Gasteiger partial charge in [0, 0.05) is 10.2 Å². The summed E-state index contributed by atoms with van der Waals surface area (Å²) in [6.45, 7) is 2.18. The first-order valence-corrected chi connectivity index (χ1v) is 4.17. The molecule has 0 heterocycles. The van der Waals surface area contributed by atoms with Crippen LogP contribution in [0, 0.1) is 0 Å². The fraction of sp³-hybridized carbons (Fsp3) is 0.714. The van der Waals surface area contributed by atoms with E-state index in [1.165, 1.54) is 19.3 Å². The van der Waals surface area contributed by atoms with Gasteiger partial charge in [0.2, 0.25) is 0 Å². The molecule has 0 fully saturated rings. The number of unbranched alkanes of at least 4 members (excludes halogenated alkanes) is 2. The summed E-state index contributed by atoms with van der Waals surface area (Å²) in [7, 11) is 0. The van der Waals surface area contributed by atoms with Crippen LogP contribution in [-0.4, -0.2) is 10.2 Å². The van der Waals surface area contributed by atoms with E-state index in [4.69, 9.17) is 12.2 Å². The highest BCUT2D eigenvalue weighted by atomic mass is 32.1. The van der Waals surface area contributed by atoms with E-state index < -0.39 is 0 Å². The fourth-order valence-electron chi connectivity index (χ4n) is 0.608. The molecule has 9 heavy (non-hydrogen) atoms. The molecule has 52 valence electrons. The van der Waals surface area contributed by atoms with Gasteiger partial charge in [0.1, 0.15) is 0 Å². The second kappa shape index (κ2) is 6.30. The van der Waals surface area contributed by atoms with Crippen LogP contribution >= 0.6 is 24.4 Å². The van der Waals surface area contributed by atoms with Crippen molar-refractivity contribution in [2.75, 3.05) is 0 Å². The van der Waals surface area contributed by atoms with E-state index in [-0.39, 0.29) is 0 Å². The lowest BCUT2D eigenvalue weighted by molar-refractivity contribution is 0.747. The molecule has 0 nitrogen and oxygen atoms in total. The van der Waals surface area contributed by atoms with Crippen molar-refractivity contribution >= 4 is 34.7 Å². The fourth-order valence-corrected chi connectivity index (χ4v) is 0.870. The van der Waals surface area contributed by atoms with Crippen LogP contribution in [0.2, 0.25) is 0 Å². The Balaban J connectivity index is 3.07. The van der Waals surface area contributed by atoms with Crippen molar-refractivity contribution in [2.24, 2.45) is 0 Å². The quantitative estimate of drug-likeness (QED) is 0.448. The minimum Gasteiger partial charge on any atom is -0.0875 e. The first-order valence-electron chi connectivity index (χ1n) is 3.29. The summed E-state index contributed by atoms with van der Waals surface area (Å²) in [4.78, 5) is 0.929. The third-order valence-electron chi connectivity index (χ3n) is 1.16. The van der Waals surface area contributed by atoms with E-state index in [0.717, 1.165) is 11.3 Å². The van der Waals surface area contributed by atoms with Crippen LogP contribution in [-0.2, 0) is 0 Å². The second-order valence-electron chi connectivity index (χ2n) is 2.04. The summed E-state index contributed by atoms with van der Waals surface area (Å²) in [6.07, 6.45) is 4.72. The zero-order chi connectivity index (χ0) is 7.11. The van der Waals surface area contributed by atoms with E-state index in [9.17, 15) is 0 Å². The second-order valence-corrected chi connectivity index (χ2v) is 2.80. The van der Waals surface area contributed by atoms with Crippen LogP contribution in [0.3, 0.4) is 0 Å². The average Bonchev–Trinajstić information content (AvgIpc) is 1.89. The maximum atomic E-state index is 4.91. The van der Waals surface area contributed by atoms with Gasteiger partial charge in [-0.05, 0) is 12.8 Å². The van der Waals surface area contributed by atoms with Crippen LogP contribution in [0.5, 0.6) is 0 Å². The van der Waals surface area contributed by atoms with Gasteiger partial charge in [-0.1, -0.05) is 44.2 Å². The number of hydrogen-bond acceptors (Lipinski definition) is 2. The molecule has 0 bridgehead atoms. The van der Waals surface area contributed by atoms with E-state index in [0.29, 0.717) is 0 Å². The Bertz CT molecular complexity index is 97.1. The molecule has 0 aromatic rings. The summed E-state index contributed by atoms with van der Waals surface area (Å²) >= 11 is 9.57. The summed E-state index contributed by atoms with van der Waals surface area (Å²) in [6, 6.07) is 0. The predicted molar refractivity (Wildman–Crippen MR) is 50.4 cm³/mol. The van der Waals surface area contributed by atoms with Gasteiger partial charge in [-0.25, -0.2) is 0 Å². The molecule has 0 aromatic heterocycles. The Morgan fingerprint density at radius 2 is 2.11 bits per heavy atom. The highest BCUT2D eigenvalue weighted by Crippen LogP contribution is 1.99. The molecule has 0 aromatic carbocycles. The third kappa shape index (κ3) is 6.06. The van der Waals surface area contributed by atoms with Crippen LogP contribution in [0.15, 0.2) is 0 Å². The maximum absolute atomic E-state index is 4.91. The van der Waals surface area contributed by atoms with E-state index >= 15 is 0 Å². The monoisotopic (exact) mass is 160 g/mol. The first kappa shape index (κ1) is 9.18. The van der Waals surface area contributed by atoms with Crippen LogP contribution in [0.25, 0.3) is 0 Å². The van der Waals surface area contributed by atoms with Gasteiger partial charge in [0.05, 0.1) is 0 Å². The molecule has 0 rings (SSSR count). The van der Waals surface area contributed by atoms with Gasteiger partial charge in [0.15, 0.2) is 0 Å². The zero-order valence-corrected chi connectivity index (χ0v) is 7.36. The van der Waals surface area contributed by atoms with Crippen LogP contribution < -0.4 is 0 Å². The van der Waals surface area contributed by atoms with Crippen molar-refractivity contribution in [1.29, 1.82) is 0 Å². The van der Waals surface area contributed by atoms with Crippen molar-refractivity contribution < 1.29 is 0 Å². The summed E-state index contributed by atoms with van der Waals surface area (Å²) < 4.78 is 0. The van der Waals surface area contributed by atoms with Crippen molar-refractivity contribution in [1.82, 2.24) is 0 Å². The molecule has 0 amide bonds. The molecule has 0 atom stereocenters. The van der Waals surface area contributed by atoms with E-state index in [1.807, 2.05) is 0 Å². The van der Waals surface area contributed by atoms with Crippen molar-refractivity contribution in [3.05, 3.63) is 0 Å². The first-order chi connectivity index (χ1) is 4.31. The standard InChI is InChI=1S/C7H12S2/c1-2-3-4-5-7(9)6-8/h6H,2-5H2,1H3. The molecule has 0 N–H and O–H groups in total. The topological polar surface area (TPSA) is 0 Å². The normalized spacial score (nSPS) is 9.00. The SMILES string of the molecule is CCCCCC(=S)C=S. The van der Waals surface area contributed by atoms with Gasteiger partial charge >= 0.3 is 0 Å². The van der Waals surface area contributed by atoms with Gasteiger partial charge in [-0.15, -0.1) is 0 Å². The molecule has 0 radical (unpaired) electrons. The Morgan fingerprint density at radius 1 is 1.44 bits per heavy atom. The van der Waals surface area contributed by atoms with Gasteiger partial charge < -0.3 is 0 Å². The maximum Gasteiger partial charge on any atom is 0.0259 e. The Kier molecular flexibility index (Phi) is 6.43. The van der Waals surface area contributed by atoms with E-state index in [1.54, 1.807) is 5.37 Å². The molecule has 0 saturated carbocycles.